The smallest absolute Gasteiger partial charge is 0.0718 e. The summed E-state index contributed by atoms with van der Waals surface area (Å²) in [7, 11) is 0. The highest BCUT2D eigenvalue weighted by Gasteiger charge is 2.25. The Bertz CT molecular complexity index is 167. The molecule has 0 amide bonds. The molecule has 1 aliphatic rings. The summed E-state index contributed by atoms with van der Waals surface area (Å²) in [4.78, 5) is 2.26. The minimum Gasteiger partial charge on any atom is -0.389 e. The molecule has 4 heteroatoms. The summed E-state index contributed by atoms with van der Waals surface area (Å²) >= 11 is 0. The van der Waals surface area contributed by atoms with Crippen molar-refractivity contribution < 1.29 is 5.11 Å². The fourth-order valence-corrected chi connectivity index (χ4v) is 1.74. The van der Waals surface area contributed by atoms with Gasteiger partial charge in [0.05, 0.1) is 5.60 Å². The third-order valence-electron chi connectivity index (χ3n) is 2.37. The molecule has 0 radical (unpaired) electrons. The van der Waals surface area contributed by atoms with E-state index in [0.717, 1.165) is 26.2 Å². The van der Waals surface area contributed by atoms with Crippen LogP contribution >= 0.6 is 0 Å². The van der Waals surface area contributed by atoms with Crippen molar-refractivity contribution >= 4 is 0 Å². The summed E-state index contributed by atoms with van der Waals surface area (Å²) in [6.45, 7) is 9.29. The molecule has 0 aromatic carbocycles. The van der Waals surface area contributed by atoms with Crippen molar-refractivity contribution in [2.24, 2.45) is 5.84 Å². The summed E-state index contributed by atoms with van der Waals surface area (Å²) < 4.78 is 0. The maximum absolute atomic E-state index is 9.64. The monoisotopic (exact) mass is 187 g/mol. The Morgan fingerprint density at radius 1 is 1.46 bits per heavy atom. The van der Waals surface area contributed by atoms with Gasteiger partial charge in [-0.3, -0.25) is 10.7 Å². The zero-order valence-corrected chi connectivity index (χ0v) is 8.82. The standard InChI is InChI=1S/C9H21N3O/c1-8-6-11(4-5-12(8)10)7-9(2,3)13/h8,13H,4-7,10H2,1-3H3. The van der Waals surface area contributed by atoms with Crippen LogP contribution in [0.25, 0.3) is 0 Å². The number of nitrogens with zero attached hydrogens (tertiary/aromatic N) is 2. The van der Waals surface area contributed by atoms with Gasteiger partial charge < -0.3 is 5.11 Å². The largest absolute Gasteiger partial charge is 0.389 e. The maximum Gasteiger partial charge on any atom is 0.0718 e. The Balaban J connectivity index is 2.38. The van der Waals surface area contributed by atoms with E-state index in [9.17, 15) is 5.11 Å². The fraction of sp³-hybridized carbons (Fsp3) is 1.00. The van der Waals surface area contributed by atoms with Gasteiger partial charge in [0.25, 0.3) is 0 Å². The first kappa shape index (κ1) is 10.9. The van der Waals surface area contributed by atoms with Crippen LogP contribution in [0.2, 0.25) is 0 Å². The van der Waals surface area contributed by atoms with E-state index in [1.54, 1.807) is 0 Å². The molecule has 0 saturated carbocycles. The number of aliphatic hydroxyl groups is 1. The summed E-state index contributed by atoms with van der Waals surface area (Å²) in [6.07, 6.45) is 0. The van der Waals surface area contributed by atoms with E-state index in [-0.39, 0.29) is 0 Å². The van der Waals surface area contributed by atoms with Crippen molar-refractivity contribution in [3.8, 4) is 0 Å². The summed E-state index contributed by atoms with van der Waals surface area (Å²) in [5.41, 5.74) is -0.601. The van der Waals surface area contributed by atoms with Crippen LogP contribution in [0, 0.1) is 0 Å². The van der Waals surface area contributed by atoms with E-state index < -0.39 is 5.60 Å². The quantitative estimate of drug-likeness (QED) is 0.580. The van der Waals surface area contributed by atoms with Crippen molar-refractivity contribution in [2.75, 3.05) is 26.2 Å². The van der Waals surface area contributed by atoms with Crippen molar-refractivity contribution in [1.29, 1.82) is 0 Å². The van der Waals surface area contributed by atoms with Crippen LogP contribution < -0.4 is 5.84 Å². The molecule has 1 aliphatic heterocycles. The third-order valence-corrected chi connectivity index (χ3v) is 2.37. The molecule has 1 unspecified atom stereocenters. The first-order chi connectivity index (χ1) is 5.88. The first-order valence-corrected chi connectivity index (χ1v) is 4.84. The molecule has 1 heterocycles. The zero-order chi connectivity index (χ0) is 10.1. The van der Waals surface area contributed by atoms with Gasteiger partial charge in [-0.25, -0.2) is 5.01 Å². The van der Waals surface area contributed by atoms with Gasteiger partial charge in [-0.15, -0.1) is 0 Å². The van der Waals surface area contributed by atoms with Gasteiger partial charge in [0.2, 0.25) is 0 Å². The highest BCUT2D eigenvalue weighted by Crippen LogP contribution is 2.10. The molecule has 4 nitrogen and oxygen atoms in total. The maximum atomic E-state index is 9.64. The van der Waals surface area contributed by atoms with Gasteiger partial charge in [-0.05, 0) is 20.8 Å². The van der Waals surface area contributed by atoms with Gasteiger partial charge in [0.15, 0.2) is 0 Å². The summed E-state index contributed by atoms with van der Waals surface area (Å²) in [6, 6.07) is 0.385. The van der Waals surface area contributed by atoms with Crippen molar-refractivity contribution in [1.82, 2.24) is 9.91 Å². The molecule has 0 spiro atoms. The van der Waals surface area contributed by atoms with Crippen molar-refractivity contribution in [2.45, 2.75) is 32.4 Å². The van der Waals surface area contributed by atoms with Gasteiger partial charge >= 0.3 is 0 Å². The number of hydrogen-bond acceptors (Lipinski definition) is 4. The van der Waals surface area contributed by atoms with Gasteiger partial charge in [0.1, 0.15) is 0 Å². The lowest BCUT2D eigenvalue weighted by Gasteiger charge is -2.39. The van der Waals surface area contributed by atoms with E-state index in [2.05, 4.69) is 11.8 Å². The summed E-state index contributed by atoms with van der Waals surface area (Å²) in [5, 5.41) is 11.5. The lowest BCUT2D eigenvalue weighted by atomic mass is 10.1. The molecular formula is C9H21N3O. The predicted octanol–water partition coefficient (Wildman–Crippen LogP) is -0.363. The average molecular weight is 187 g/mol. The van der Waals surface area contributed by atoms with E-state index in [1.165, 1.54) is 0 Å². The van der Waals surface area contributed by atoms with Gasteiger partial charge in [0, 0.05) is 32.2 Å². The number of nitrogens with two attached hydrogens (primary N) is 1. The Labute approximate surface area is 80.3 Å². The molecule has 1 atom stereocenters. The SMILES string of the molecule is CC1CN(CC(C)(C)O)CCN1N. The predicted molar refractivity (Wildman–Crippen MR) is 53.1 cm³/mol. The second-order valence-corrected chi connectivity index (χ2v) is 4.63. The van der Waals surface area contributed by atoms with Crippen molar-refractivity contribution in [3.63, 3.8) is 0 Å². The molecule has 78 valence electrons. The molecule has 1 fully saturated rings. The van der Waals surface area contributed by atoms with E-state index in [4.69, 9.17) is 5.84 Å². The highest BCUT2D eigenvalue weighted by atomic mass is 16.3. The Hall–Kier alpha value is -0.160. The zero-order valence-electron chi connectivity index (χ0n) is 8.82. The van der Waals surface area contributed by atoms with E-state index in [1.807, 2.05) is 18.9 Å². The molecule has 0 aliphatic carbocycles. The van der Waals surface area contributed by atoms with Gasteiger partial charge in [-0.2, -0.15) is 0 Å². The van der Waals surface area contributed by atoms with Crippen LogP contribution in [-0.2, 0) is 0 Å². The molecule has 0 bridgehead atoms. The number of piperazine rings is 1. The average Bonchev–Trinajstić information content (AvgIpc) is 1.94. The Morgan fingerprint density at radius 2 is 2.08 bits per heavy atom. The van der Waals surface area contributed by atoms with Crippen LogP contribution in [0.15, 0.2) is 0 Å². The lowest BCUT2D eigenvalue weighted by molar-refractivity contribution is 0.00366. The highest BCUT2D eigenvalue weighted by molar-refractivity contribution is 4.80. The molecule has 1 saturated heterocycles. The Morgan fingerprint density at radius 3 is 2.54 bits per heavy atom. The van der Waals surface area contributed by atoms with Crippen molar-refractivity contribution in [3.05, 3.63) is 0 Å². The molecule has 0 aromatic rings. The molecule has 3 N–H and O–H groups in total. The van der Waals surface area contributed by atoms with Crippen LogP contribution in [0.1, 0.15) is 20.8 Å². The van der Waals surface area contributed by atoms with E-state index >= 15 is 0 Å². The fourth-order valence-electron chi connectivity index (χ4n) is 1.74. The van der Waals surface area contributed by atoms with Crippen LogP contribution in [0.4, 0.5) is 0 Å². The Kier molecular flexibility index (Phi) is 3.29. The van der Waals surface area contributed by atoms with E-state index in [0.29, 0.717) is 6.04 Å². The number of hydrazine groups is 1. The van der Waals surface area contributed by atoms with Crippen LogP contribution in [0.3, 0.4) is 0 Å². The number of rotatable bonds is 2. The third kappa shape index (κ3) is 3.60. The normalized spacial score (nSPS) is 27.9. The number of hydrogen-bond donors (Lipinski definition) is 2. The second-order valence-electron chi connectivity index (χ2n) is 4.63. The van der Waals surface area contributed by atoms with Crippen LogP contribution in [0.5, 0.6) is 0 Å². The summed E-state index contributed by atoms with van der Waals surface area (Å²) in [5.74, 6) is 5.75. The lowest BCUT2D eigenvalue weighted by Crippen LogP contribution is -2.56. The molecular weight excluding hydrogens is 166 g/mol. The first-order valence-electron chi connectivity index (χ1n) is 4.84. The molecule has 1 rings (SSSR count). The topological polar surface area (TPSA) is 52.7 Å². The number of β-amino-alcohol motifs (C(OH)–C–C–N with tert-alkyl or cyclic N) is 1. The minimum absolute atomic E-state index is 0.385. The van der Waals surface area contributed by atoms with Crippen LogP contribution in [-0.4, -0.2) is 52.8 Å². The second kappa shape index (κ2) is 3.92. The molecule has 0 aromatic heterocycles. The minimum atomic E-state index is -0.601. The molecule has 13 heavy (non-hydrogen) atoms. The van der Waals surface area contributed by atoms with Gasteiger partial charge in [-0.1, -0.05) is 0 Å².